The van der Waals surface area contributed by atoms with Crippen LogP contribution < -0.4 is 0 Å². The summed E-state index contributed by atoms with van der Waals surface area (Å²) in [5.41, 5.74) is 2.52. The molecule has 0 unspecified atom stereocenters. The highest BCUT2D eigenvalue weighted by Gasteiger charge is 2.27. The second-order valence-corrected chi connectivity index (χ2v) is 5.36. The lowest BCUT2D eigenvalue weighted by Crippen LogP contribution is -2.15. The van der Waals surface area contributed by atoms with Gasteiger partial charge in [-0.1, -0.05) is 30.3 Å². The molecule has 0 saturated heterocycles. The molecule has 3 aromatic carbocycles. The van der Waals surface area contributed by atoms with E-state index in [1.54, 1.807) is 6.07 Å². The SMILES string of the molecule is O=C1c2cc3ccccc3cc2Cc2cc(O)cc(O)c21. The Hall–Kier alpha value is -2.81. The number of phenols is 2. The van der Waals surface area contributed by atoms with E-state index < -0.39 is 0 Å². The summed E-state index contributed by atoms with van der Waals surface area (Å²) in [6, 6.07) is 14.5. The molecule has 0 amide bonds. The molecular weight excluding hydrogens is 264 g/mol. The van der Waals surface area contributed by atoms with Gasteiger partial charge in [-0.05, 0) is 40.5 Å². The van der Waals surface area contributed by atoms with Gasteiger partial charge in [0.2, 0.25) is 0 Å². The number of hydrogen-bond donors (Lipinski definition) is 2. The van der Waals surface area contributed by atoms with Crippen molar-refractivity contribution in [2.75, 3.05) is 0 Å². The van der Waals surface area contributed by atoms with E-state index in [4.69, 9.17) is 0 Å². The molecule has 0 aromatic heterocycles. The Bertz CT molecular complexity index is 910. The van der Waals surface area contributed by atoms with E-state index in [0.717, 1.165) is 16.3 Å². The fourth-order valence-corrected chi connectivity index (χ4v) is 3.06. The summed E-state index contributed by atoms with van der Waals surface area (Å²) in [6.45, 7) is 0. The molecule has 3 nitrogen and oxygen atoms in total. The number of ketones is 1. The van der Waals surface area contributed by atoms with E-state index in [0.29, 0.717) is 23.1 Å². The number of phenolic OH excluding ortho intramolecular Hbond substituents is 2. The van der Waals surface area contributed by atoms with Crippen molar-refractivity contribution < 1.29 is 15.0 Å². The number of hydrogen-bond acceptors (Lipinski definition) is 3. The summed E-state index contributed by atoms with van der Waals surface area (Å²) in [5, 5.41) is 21.7. The normalized spacial score (nSPS) is 13.0. The molecule has 2 N–H and O–H groups in total. The minimum Gasteiger partial charge on any atom is -0.508 e. The van der Waals surface area contributed by atoms with Crippen LogP contribution in [-0.2, 0) is 6.42 Å². The molecule has 0 saturated carbocycles. The third-order valence-electron chi connectivity index (χ3n) is 4.01. The summed E-state index contributed by atoms with van der Waals surface area (Å²) >= 11 is 0. The molecule has 21 heavy (non-hydrogen) atoms. The topological polar surface area (TPSA) is 57.5 Å². The van der Waals surface area contributed by atoms with Gasteiger partial charge < -0.3 is 10.2 Å². The first-order valence-corrected chi connectivity index (χ1v) is 6.75. The minimum absolute atomic E-state index is 0.0247. The summed E-state index contributed by atoms with van der Waals surface area (Å²) in [5.74, 6) is -0.369. The standard InChI is InChI=1S/C18H12O3/c19-14-7-13-6-12-5-10-3-1-2-4-11(10)8-15(12)18(21)17(13)16(20)9-14/h1-5,7-9,19-20H,6H2. The van der Waals surface area contributed by atoms with Crippen LogP contribution in [0.5, 0.6) is 11.5 Å². The highest BCUT2D eigenvalue weighted by molar-refractivity contribution is 6.15. The van der Waals surface area contributed by atoms with Crippen molar-refractivity contribution in [3.05, 3.63) is 70.8 Å². The number of fused-ring (bicyclic) bond motifs is 3. The summed E-state index contributed by atoms with van der Waals surface area (Å²) in [6.07, 6.45) is 0.531. The number of carbonyl (C=O) groups excluding carboxylic acids is 1. The van der Waals surface area contributed by atoms with Crippen LogP contribution in [0.1, 0.15) is 27.0 Å². The lowest BCUT2D eigenvalue weighted by atomic mass is 9.83. The third-order valence-corrected chi connectivity index (χ3v) is 4.01. The zero-order valence-electron chi connectivity index (χ0n) is 11.1. The molecule has 0 bridgehead atoms. The lowest BCUT2D eigenvalue weighted by Gasteiger charge is -2.20. The van der Waals surface area contributed by atoms with E-state index in [1.807, 2.05) is 36.4 Å². The van der Waals surface area contributed by atoms with E-state index in [1.165, 1.54) is 6.07 Å². The predicted octanol–water partition coefficient (Wildman–Crippen LogP) is 3.39. The van der Waals surface area contributed by atoms with Crippen LogP contribution in [0.4, 0.5) is 0 Å². The fourth-order valence-electron chi connectivity index (χ4n) is 3.06. The maximum atomic E-state index is 12.6. The molecule has 0 atom stereocenters. The van der Waals surface area contributed by atoms with Crippen LogP contribution in [0.2, 0.25) is 0 Å². The monoisotopic (exact) mass is 276 g/mol. The van der Waals surface area contributed by atoms with Gasteiger partial charge in [-0.15, -0.1) is 0 Å². The van der Waals surface area contributed by atoms with Crippen molar-refractivity contribution in [3.8, 4) is 11.5 Å². The third kappa shape index (κ3) is 1.71. The van der Waals surface area contributed by atoms with Crippen molar-refractivity contribution >= 4 is 16.6 Å². The Morgan fingerprint density at radius 2 is 1.57 bits per heavy atom. The Labute approximate surface area is 121 Å². The number of benzene rings is 3. The van der Waals surface area contributed by atoms with Gasteiger partial charge in [0.15, 0.2) is 5.78 Å². The number of aromatic hydroxyl groups is 2. The fraction of sp³-hybridized carbons (Fsp3) is 0.0556. The van der Waals surface area contributed by atoms with Crippen molar-refractivity contribution in [1.82, 2.24) is 0 Å². The van der Waals surface area contributed by atoms with E-state index >= 15 is 0 Å². The Balaban J connectivity index is 2.00. The average Bonchev–Trinajstić information content (AvgIpc) is 2.45. The zero-order valence-corrected chi connectivity index (χ0v) is 11.1. The highest BCUT2D eigenvalue weighted by atomic mass is 16.3. The molecule has 4 rings (SSSR count). The van der Waals surface area contributed by atoms with E-state index in [9.17, 15) is 15.0 Å². The van der Waals surface area contributed by atoms with Crippen molar-refractivity contribution in [2.24, 2.45) is 0 Å². The molecule has 1 aliphatic rings. The Kier molecular flexibility index (Phi) is 2.33. The zero-order chi connectivity index (χ0) is 14.6. The second kappa shape index (κ2) is 4.09. The molecule has 3 aromatic rings. The van der Waals surface area contributed by atoms with Crippen molar-refractivity contribution in [1.29, 1.82) is 0 Å². The molecule has 0 spiro atoms. The summed E-state index contributed by atoms with van der Waals surface area (Å²) in [7, 11) is 0. The molecule has 3 heteroatoms. The number of carbonyl (C=O) groups is 1. The van der Waals surface area contributed by atoms with Gasteiger partial charge in [-0.3, -0.25) is 4.79 Å². The number of rotatable bonds is 0. The molecule has 0 heterocycles. The van der Waals surface area contributed by atoms with E-state index in [2.05, 4.69) is 0 Å². The van der Waals surface area contributed by atoms with Gasteiger partial charge >= 0.3 is 0 Å². The first-order chi connectivity index (χ1) is 10.1. The van der Waals surface area contributed by atoms with Gasteiger partial charge in [0.05, 0.1) is 5.56 Å². The molecule has 0 radical (unpaired) electrons. The molecule has 0 fully saturated rings. The van der Waals surface area contributed by atoms with Crippen LogP contribution in [0.15, 0.2) is 48.5 Å². The van der Waals surface area contributed by atoms with Crippen LogP contribution in [0.25, 0.3) is 10.8 Å². The summed E-state index contributed by atoms with van der Waals surface area (Å²) in [4.78, 5) is 12.6. The maximum absolute atomic E-state index is 12.6. The van der Waals surface area contributed by atoms with Gasteiger partial charge in [0.25, 0.3) is 0 Å². The lowest BCUT2D eigenvalue weighted by molar-refractivity contribution is 0.103. The molecule has 0 aliphatic heterocycles. The van der Waals surface area contributed by atoms with Gasteiger partial charge in [-0.2, -0.15) is 0 Å². The molecule has 1 aliphatic carbocycles. The average molecular weight is 276 g/mol. The largest absolute Gasteiger partial charge is 0.508 e. The Morgan fingerprint density at radius 1 is 0.857 bits per heavy atom. The van der Waals surface area contributed by atoms with Crippen molar-refractivity contribution in [2.45, 2.75) is 6.42 Å². The highest BCUT2D eigenvalue weighted by Crippen LogP contribution is 2.36. The minimum atomic E-state index is -0.186. The predicted molar refractivity (Wildman–Crippen MR) is 80.0 cm³/mol. The second-order valence-electron chi connectivity index (χ2n) is 5.36. The van der Waals surface area contributed by atoms with Gasteiger partial charge in [-0.25, -0.2) is 0 Å². The van der Waals surface area contributed by atoms with Gasteiger partial charge in [0.1, 0.15) is 11.5 Å². The molecule has 102 valence electrons. The first kappa shape index (κ1) is 12.0. The van der Waals surface area contributed by atoms with Crippen LogP contribution in [-0.4, -0.2) is 16.0 Å². The van der Waals surface area contributed by atoms with Crippen LogP contribution >= 0.6 is 0 Å². The van der Waals surface area contributed by atoms with Crippen molar-refractivity contribution in [3.63, 3.8) is 0 Å². The quantitative estimate of drug-likeness (QED) is 0.517. The Morgan fingerprint density at radius 3 is 2.33 bits per heavy atom. The summed E-state index contributed by atoms with van der Waals surface area (Å²) < 4.78 is 0. The first-order valence-electron chi connectivity index (χ1n) is 6.75. The van der Waals surface area contributed by atoms with Gasteiger partial charge in [0, 0.05) is 11.6 Å². The van der Waals surface area contributed by atoms with Crippen LogP contribution in [0.3, 0.4) is 0 Å². The maximum Gasteiger partial charge on any atom is 0.197 e. The van der Waals surface area contributed by atoms with Crippen LogP contribution in [0, 0.1) is 0 Å². The smallest absolute Gasteiger partial charge is 0.197 e. The molecular formula is C18H12O3. The van der Waals surface area contributed by atoms with E-state index in [-0.39, 0.29) is 17.3 Å².